The lowest BCUT2D eigenvalue weighted by Crippen LogP contribution is -2.49. The van der Waals surface area contributed by atoms with Gasteiger partial charge in [0.2, 0.25) is 0 Å². The van der Waals surface area contributed by atoms with Crippen molar-refractivity contribution in [1.29, 1.82) is 0 Å². The first-order valence-electron chi connectivity index (χ1n) is 6.68. The molecule has 1 heterocycles. The minimum atomic E-state index is 0.738. The lowest BCUT2D eigenvalue weighted by Gasteiger charge is -2.45. The number of hydrogen-bond acceptors (Lipinski definition) is 1. The highest BCUT2D eigenvalue weighted by atomic mass is 35.5. The molecule has 0 unspecified atom stereocenters. The summed E-state index contributed by atoms with van der Waals surface area (Å²) in [6.45, 7) is 1.20. The fourth-order valence-electron chi connectivity index (χ4n) is 3.30. The van der Waals surface area contributed by atoms with Crippen LogP contribution in [-0.2, 0) is 0 Å². The molecular formula is C13H22ClNS. The Hall–Kier alpha value is 0.180. The highest BCUT2D eigenvalue weighted by Gasteiger charge is 2.33. The van der Waals surface area contributed by atoms with Crippen molar-refractivity contribution in [3.63, 3.8) is 0 Å². The Balaban J connectivity index is 1.93. The zero-order valence-electron chi connectivity index (χ0n) is 9.96. The van der Waals surface area contributed by atoms with Gasteiger partial charge in [-0.1, -0.05) is 25.1 Å². The van der Waals surface area contributed by atoms with E-state index in [2.05, 4.69) is 4.90 Å². The molecule has 0 bridgehead atoms. The van der Waals surface area contributed by atoms with Crippen molar-refractivity contribution < 1.29 is 0 Å². The highest BCUT2D eigenvalue weighted by Crippen LogP contribution is 2.35. The van der Waals surface area contributed by atoms with Gasteiger partial charge in [-0.05, 0) is 44.4 Å². The molecular weight excluding hydrogens is 238 g/mol. The quantitative estimate of drug-likeness (QED) is 0.557. The summed E-state index contributed by atoms with van der Waals surface area (Å²) >= 11 is 11.3. The van der Waals surface area contributed by atoms with Crippen LogP contribution < -0.4 is 0 Å². The van der Waals surface area contributed by atoms with E-state index in [1.54, 1.807) is 0 Å². The second-order valence-corrected chi connectivity index (χ2v) is 5.98. The predicted octanol–water partition coefficient (Wildman–Crippen LogP) is 3.99. The summed E-state index contributed by atoms with van der Waals surface area (Å²) in [6, 6.07) is 0.769. The van der Waals surface area contributed by atoms with Crippen LogP contribution >= 0.6 is 23.8 Å². The molecule has 3 heteroatoms. The van der Waals surface area contributed by atoms with Crippen LogP contribution in [0.4, 0.5) is 0 Å². The third-order valence-corrected chi connectivity index (χ3v) is 4.79. The highest BCUT2D eigenvalue weighted by molar-refractivity contribution is 7.80. The van der Waals surface area contributed by atoms with Crippen LogP contribution in [0.5, 0.6) is 0 Å². The van der Waals surface area contributed by atoms with Crippen LogP contribution in [0.25, 0.3) is 0 Å². The summed E-state index contributed by atoms with van der Waals surface area (Å²) in [4.78, 5) is 3.71. The average molecular weight is 260 g/mol. The number of hydrogen-bond donors (Lipinski definition) is 0. The third kappa shape index (κ3) is 2.89. The first-order valence-corrected chi connectivity index (χ1v) is 7.62. The molecule has 0 aromatic rings. The van der Waals surface area contributed by atoms with Crippen LogP contribution in [-0.4, -0.2) is 28.4 Å². The molecule has 2 fully saturated rings. The molecule has 0 amide bonds. The van der Waals surface area contributed by atoms with Crippen molar-refractivity contribution in [1.82, 2.24) is 4.90 Å². The van der Waals surface area contributed by atoms with Gasteiger partial charge in [-0.15, -0.1) is 11.6 Å². The van der Waals surface area contributed by atoms with Crippen molar-refractivity contribution in [2.45, 2.75) is 57.4 Å². The minimum absolute atomic E-state index is 0.738. The van der Waals surface area contributed by atoms with Gasteiger partial charge < -0.3 is 4.90 Å². The molecule has 1 saturated heterocycles. The van der Waals surface area contributed by atoms with Crippen molar-refractivity contribution in [2.75, 3.05) is 12.4 Å². The third-order valence-electron chi connectivity index (χ3n) is 4.09. The van der Waals surface area contributed by atoms with Gasteiger partial charge in [0, 0.05) is 18.5 Å². The van der Waals surface area contributed by atoms with E-state index in [-0.39, 0.29) is 0 Å². The first kappa shape index (κ1) is 12.6. The number of alkyl halides is 1. The molecule has 0 aromatic heterocycles. The standard InChI is InChI=1S/C13H22ClNS/c14-9-3-8-13(16)15-10-4-6-11-5-1-2-7-12(11)15/h11-12H,1-10H2/t11-,12-/m1/s1. The Bertz CT molecular complexity index is 242. The van der Waals surface area contributed by atoms with Crippen molar-refractivity contribution in [3.8, 4) is 0 Å². The van der Waals surface area contributed by atoms with Gasteiger partial charge in [-0.25, -0.2) is 0 Å². The Morgan fingerprint density at radius 1 is 1.19 bits per heavy atom. The summed E-state index contributed by atoms with van der Waals surface area (Å²) in [5.41, 5.74) is 0. The van der Waals surface area contributed by atoms with Crippen LogP contribution in [0.15, 0.2) is 0 Å². The zero-order valence-corrected chi connectivity index (χ0v) is 11.5. The van der Waals surface area contributed by atoms with E-state index < -0.39 is 0 Å². The van der Waals surface area contributed by atoms with Gasteiger partial charge in [-0.2, -0.15) is 0 Å². The lowest BCUT2D eigenvalue weighted by molar-refractivity contribution is 0.119. The molecule has 0 aromatic carbocycles. The Morgan fingerprint density at radius 3 is 2.75 bits per heavy atom. The normalized spacial score (nSPS) is 29.9. The molecule has 1 aliphatic heterocycles. The minimum Gasteiger partial charge on any atom is -0.363 e. The summed E-state index contributed by atoms with van der Waals surface area (Å²) in [7, 11) is 0. The van der Waals surface area contributed by atoms with E-state index in [1.165, 1.54) is 50.1 Å². The molecule has 1 aliphatic carbocycles. The molecule has 1 saturated carbocycles. The topological polar surface area (TPSA) is 3.24 Å². The summed E-state index contributed by atoms with van der Waals surface area (Å²) in [5.74, 6) is 1.67. The van der Waals surface area contributed by atoms with Crippen LogP contribution in [0, 0.1) is 5.92 Å². The molecule has 0 N–H and O–H groups in total. The number of fused-ring (bicyclic) bond motifs is 1. The van der Waals surface area contributed by atoms with E-state index in [0.29, 0.717) is 0 Å². The number of halogens is 1. The van der Waals surface area contributed by atoms with Crippen LogP contribution in [0.1, 0.15) is 51.4 Å². The van der Waals surface area contributed by atoms with Gasteiger partial charge in [-0.3, -0.25) is 0 Å². The van der Waals surface area contributed by atoms with Crippen LogP contribution in [0.2, 0.25) is 0 Å². The number of rotatable bonds is 3. The molecule has 2 atom stereocenters. The number of piperidine rings is 1. The average Bonchev–Trinajstić information content (AvgIpc) is 2.35. The maximum absolute atomic E-state index is 5.74. The number of thiocarbonyl (C=S) groups is 1. The Morgan fingerprint density at radius 2 is 1.94 bits per heavy atom. The van der Waals surface area contributed by atoms with E-state index in [4.69, 9.17) is 23.8 Å². The van der Waals surface area contributed by atoms with Gasteiger partial charge in [0.15, 0.2) is 0 Å². The smallest absolute Gasteiger partial charge is 0.0782 e. The van der Waals surface area contributed by atoms with Gasteiger partial charge in [0.05, 0.1) is 4.99 Å². The Labute approximate surface area is 110 Å². The maximum atomic E-state index is 5.74. The predicted molar refractivity (Wildman–Crippen MR) is 74.2 cm³/mol. The largest absolute Gasteiger partial charge is 0.363 e. The second-order valence-electron chi connectivity index (χ2n) is 5.13. The van der Waals surface area contributed by atoms with Crippen molar-refractivity contribution in [3.05, 3.63) is 0 Å². The van der Waals surface area contributed by atoms with Gasteiger partial charge in [0.25, 0.3) is 0 Å². The van der Waals surface area contributed by atoms with E-state index in [0.717, 1.165) is 30.7 Å². The molecule has 2 rings (SSSR count). The molecule has 16 heavy (non-hydrogen) atoms. The van der Waals surface area contributed by atoms with E-state index >= 15 is 0 Å². The number of nitrogens with zero attached hydrogens (tertiary/aromatic N) is 1. The van der Waals surface area contributed by atoms with Crippen LogP contribution in [0.3, 0.4) is 0 Å². The second kappa shape index (κ2) is 6.20. The molecule has 92 valence electrons. The molecule has 0 radical (unpaired) electrons. The molecule has 0 spiro atoms. The van der Waals surface area contributed by atoms with E-state index in [1.807, 2.05) is 0 Å². The first-order chi connectivity index (χ1) is 7.83. The zero-order chi connectivity index (χ0) is 11.4. The fraction of sp³-hybridized carbons (Fsp3) is 0.923. The van der Waals surface area contributed by atoms with Gasteiger partial charge >= 0.3 is 0 Å². The van der Waals surface area contributed by atoms with Crippen molar-refractivity contribution >= 4 is 28.8 Å². The number of likely N-dealkylation sites (tertiary alicyclic amines) is 1. The summed E-state index contributed by atoms with van der Waals surface area (Å²) in [5, 5.41) is 0. The Kier molecular flexibility index (Phi) is 4.90. The summed E-state index contributed by atoms with van der Waals surface area (Å²) in [6.07, 6.45) is 10.4. The molecule has 2 aliphatic rings. The lowest BCUT2D eigenvalue weighted by atomic mass is 9.78. The van der Waals surface area contributed by atoms with E-state index in [9.17, 15) is 0 Å². The molecule has 1 nitrogen and oxygen atoms in total. The van der Waals surface area contributed by atoms with Gasteiger partial charge in [0.1, 0.15) is 0 Å². The monoisotopic (exact) mass is 259 g/mol. The fourth-order valence-corrected chi connectivity index (χ4v) is 3.80. The summed E-state index contributed by atoms with van der Waals surface area (Å²) < 4.78 is 0. The SMILES string of the molecule is S=C(CCCCl)N1CCC[C@H]2CCCC[C@H]21. The maximum Gasteiger partial charge on any atom is 0.0782 e. The van der Waals surface area contributed by atoms with Crippen molar-refractivity contribution in [2.24, 2.45) is 5.92 Å².